The standard InChI is InChI=1S/C48H42/c1-7-29-17-21-33-35-23-19-31(27-43(35)47(3,4)41(33)25-29)45-37-13-9-11-15-39(37)46(40-16-12-10-14-38(40)45)32-20-24-36-34-22-18-30(8-2)26-42(34)48(5,6)44(36)28-32/h9-28H,7-8H2,1-6H3. The summed E-state index contributed by atoms with van der Waals surface area (Å²) in [5.74, 6) is 0. The van der Waals surface area contributed by atoms with Crippen molar-refractivity contribution in [3.05, 3.63) is 155 Å². The van der Waals surface area contributed by atoms with Gasteiger partial charge in [0.1, 0.15) is 0 Å². The first-order valence-corrected chi connectivity index (χ1v) is 17.7. The van der Waals surface area contributed by atoms with Gasteiger partial charge in [-0.2, -0.15) is 0 Å². The Balaban J connectivity index is 1.27. The van der Waals surface area contributed by atoms with Crippen LogP contribution in [-0.2, 0) is 23.7 Å². The molecule has 0 aromatic heterocycles. The normalized spacial score (nSPS) is 15.0. The van der Waals surface area contributed by atoms with Crippen LogP contribution in [0.15, 0.2) is 121 Å². The summed E-state index contributed by atoms with van der Waals surface area (Å²) in [6, 6.07) is 46.8. The van der Waals surface area contributed by atoms with Crippen LogP contribution < -0.4 is 0 Å². The molecule has 0 saturated heterocycles. The predicted molar refractivity (Wildman–Crippen MR) is 206 cm³/mol. The Hall–Kier alpha value is -4.94. The van der Waals surface area contributed by atoms with Gasteiger partial charge in [-0.25, -0.2) is 0 Å². The smallest absolute Gasteiger partial charge is 0.0159 e. The van der Waals surface area contributed by atoms with Gasteiger partial charge in [-0.15, -0.1) is 0 Å². The van der Waals surface area contributed by atoms with E-state index < -0.39 is 0 Å². The van der Waals surface area contributed by atoms with Crippen molar-refractivity contribution < 1.29 is 0 Å². The zero-order valence-electron chi connectivity index (χ0n) is 29.0. The maximum Gasteiger partial charge on any atom is 0.0159 e. The molecule has 0 heteroatoms. The van der Waals surface area contributed by atoms with Gasteiger partial charge in [0, 0.05) is 10.8 Å². The lowest BCUT2D eigenvalue weighted by Gasteiger charge is -2.24. The van der Waals surface area contributed by atoms with Crippen molar-refractivity contribution in [1.29, 1.82) is 0 Å². The summed E-state index contributed by atoms with van der Waals surface area (Å²) in [7, 11) is 0. The van der Waals surface area contributed by atoms with E-state index in [9.17, 15) is 0 Å². The summed E-state index contributed by atoms with van der Waals surface area (Å²) in [6.07, 6.45) is 2.12. The summed E-state index contributed by atoms with van der Waals surface area (Å²) >= 11 is 0. The molecule has 0 N–H and O–H groups in total. The van der Waals surface area contributed by atoms with Crippen molar-refractivity contribution in [2.45, 2.75) is 65.2 Å². The fourth-order valence-corrected chi connectivity index (χ4v) is 9.07. The number of fused-ring (bicyclic) bond motifs is 8. The van der Waals surface area contributed by atoms with Gasteiger partial charge in [-0.05, 0) is 124 Å². The van der Waals surface area contributed by atoms with Crippen LogP contribution in [0.3, 0.4) is 0 Å². The van der Waals surface area contributed by atoms with Crippen molar-refractivity contribution in [2.75, 3.05) is 0 Å². The van der Waals surface area contributed by atoms with Crippen LogP contribution >= 0.6 is 0 Å². The highest BCUT2D eigenvalue weighted by atomic mass is 14.4. The van der Waals surface area contributed by atoms with Crippen molar-refractivity contribution in [3.8, 4) is 44.5 Å². The second-order valence-electron chi connectivity index (χ2n) is 15.1. The first-order chi connectivity index (χ1) is 23.2. The molecule has 48 heavy (non-hydrogen) atoms. The summed E-state index contributed by atoms with van der Waals surface area (Å²) in [5, 5.41) is 5.23. The zero-order valence-corrected chi connectivity index (χ0v) is 29.0. The molecule has 0 atom stereocenters. The Bertz CT molecular complexity index is 2240. The predicted octanol–water partition coefficient (Wildman–Crippen LogP) is 13.1. The van der Waals surface area contributed by atoms with Gasteiger partial charge in [-0.1, -0.05) is 151 Å². The molecule has 9 rings (SSSR count). The van der Waals surface area contributed by atoms with Crippen molar-refractivity contribution in [1.82, 2.24) is 0 Å². The topological polar surface area (TPSA) is 0 Å². The van der Waals surface area contributed by atoms with Gasteiger partial charge in [0.15, 0.2) is 0 Å². The van der Waals surface area contributed by atoms with Gasteiger partial charge >= 0.3 is 0 Å². The van der Waals surface area contributed by atoms with Gasteiger partial charge in [0.05, 0.1) is 0 Å². The van der Waals surface area contributed by atoms with Crippen molar-refractivity contribution >= 4 is 21.5 Å². The third kappa shape index (κ3) is 3.96. The van der Waals surface area contributed by atoms with E-state index in [2.05, 4.69) is 163 Å². The number of aryl methyl sites for hydroxylation is 2. The monoisotopic (exact) mass is 618 g/mol. The summed E-state index contributed by atoms with van der Waals surface area (Å²) < 4.78 is 0. The Morgan fingerprint density at radius 3 is 1.02 bits per heavy atom. The van der Waals surface area contributed by atoms with E-state index in [4.69, 9.17) is 0 Å². The Kier molecular flexibility index (Phi) is 6.26. The summed E-state index contributed by atoms with van der Waals surface area (Å²) in [5.41, 5.74) is 19.2. The minimum Gasteiger partial charge on any atom is -0.0616 e. The molecule has 0 unspecified atom stereocenters. The molecule has 2 aliphatic carbocycles. The number of rotatable bonds is 4. The van der Waals surface area contributed by atoms with E-state index in [0.717, 1.165) is 12.8 Å². The fourth-order valence-electron chi connectivity index (χ4n) is 9.07. The molecule has 0 amide bonds. The highest BCUT2D eigenvalue weighted by Crippen LogP contribution is 2.53. The molecule has 0 fully saturated rings. The highest BCUT2D eigenvalue weighted by molar-refractivity contribution is 6.21. The van der Waals surface area contributed by atoms with E-state index in [0.29, 0.717) is 0 Å². The average molecular weight is 619 g/mol. The van der Waals surface area contributed by atoms with Crippen LogP contribution in [0.5, 0.6) is 0 Å². The van der Waals surface area contributed by atoms with Crippen LogP contribution in [0.1, 0.15) is 74.9 Å². The molecule has 0 spiro atoms. The van der Waals surface area contributed by atoms with Gasteiger partial charge in [0.25, 0.3) is 0 Å². The molecule has 0 nitrogen and oxygen atoms in total. The lowest BCUT2D eigenvalue weighted by Crippen LogP contribution is -2.15. The molecular weight excluding hydrogens is 577 g/mol. The largest absolute Gasteiger partial charge is 0.0616 e. The second-order valence-corrected chi connectivity index (χ2v) is 15.1. The Labute approximate surface area is 285 Å². The SMILES string of the molecule is CCc1ccc2c(c1)C(C)(C)c1cc(-c3c4ccccc4c(-c4ccc5c(c4)C(C)(C)c4cc(CC)ccc4-5)c4ccccc34)ccc1-2. The van der Waals surface area contributed by atoms with Crippen LogP contribution in [-0.4, -0.2) is 0 Å². The molecule has 0 radical (unpaired) electrons. The van der Waals surface area contributed by atoms with Crippen LogP contribution in [0, 0.1) is 0 Å². The van der Waals surface area contributed by atoms with Crippen LogP contribution in [0.25, 0.3) is 66.1 Å². The molecule has 234 valence electrons. The number of hydrogen-bond donors (Lipinski definition) is 0. The summed E-state index contributed by atoms with van der Waals surface area (Å²) in [6.45, 7) is 14.1. The molecular formula is C48H42. The lowest BCUT2D eigenvalue weighted by atomic mass is 9.79. The minimum atomic E-state index is -0.0515. The van der Waals surface area contributed by atoms with E-state index in [1.165, 1.54) is 99.4 Å². The molecule has 0 heterocycles. The molecule has 0 bridgehead atoms. The van der Waals surface area contributed by atoms with Gasteiger partial charge in [0.2, 0.25) is 0 Å². The highest BCUT2D eigenvalue weighted by Gasteiger charge is 2.37. The Morgan fingerprint density at radius 2 is 0.688 bits per heavy atom. The fraction of sp³-hybridized carbons (Fsp3) is 0.208. The minimum absolute atomic E-state index is 0.0515. The van der Waals surface area contributed by atoms with E-state index >= 15 is 0 Å². The van der Waals surface area contributed by atoms with Crippen LogP contribution in [0.4, 0.5) is 0 Å². The molecule has 2 aliphatic rings. The number of benzene rings is 7. The second kappa shape index (κ2) is 10.3. The molecule has 0 saturated carbocycles. The Morgan fingerprint density at radius 1 is 0.375 bits per heavy atom. The van der Waals surface area contributed by atoms with Gasteiger partial charge < -0.3 is 0 Å². The van der Waals surface area contributed by atoms with E-state index in [-0.39, 0.29) is 10.8 Å². The quantitative estimate of drug-likeness (QED) is 0.172. The average Bonchev–Trinajstić information content (AvgIpc) is 3.48. The summed E-state index contributed by atoms with van der Waals surface area (Å²) in [4.78, 5) is 0. The third-order valence-corrected chi connectivity index (χ3v) is 11.8. The van der Waals surface area contributed by atoms with Crippen molar-refractivity contribution in [2.24, 2.45) is 0 Å². The number of hydrogen-bond acceptors (Lipinski definition) is 0. The van der Waals surface area contributed by atoms with E-state index in [1.54, 1.807) is 0 Å². The first-order valence-electron chi connectivity index (χ1n) is 17.7. The lowest BCUT2D eigenvalue weighted by molar-refractivity contribution is 0.659. The van der Waals surface area contributed by atoms with E-state index in [1.807, 2.05) is 0 Å². The molecule has 7 aromatic rings. The maximum atomic E-state index is 2.49. The van der Waals surface area contributed by atoms with Gasteiger partial charge in [-0.3, -0.25) is 0 Å². The zero-order chi connectivity index (χ0) is 32.9. The third-order valence-electron chi connectivity index (χ3n) is 11.8. The maximum absolute atomic E-state index is 2.49. The molecule has 0 aliphatic heterocycles. The van der Waals surface area contributed by atoms with Crippen LogP contribution in [0.2, 0.25) is 0 Å². The van der Waals surface area contributed by atoms with Crippen molar-refractivity contribution in [3.63, 3.8) is 0 Å². The molecule has 7 aromatic carbocycles. The first kappa shape index (κ1) is 29.2.